The smallest absolute Gasteiger partial charge is 0.170 e. The molecule has 1 rings (SSSR count). The molecule has 0 saturated heterocycles. The second-order valence-corrected chi connectivity index (χ2v) is 5.68. The summed E-state index contributed by atoms with van der Waals surface area (Å²) >= 11 is 6.32. The molecule has 1 aromatic carbocycles. The number of halogens is 1. The minimum absolute atomic E-state index is 0.0808. The van der Waals surface area contributed by atoms with Crippen LogP contribution in [0.15, 0.2) is 23.4 Å². The number of amidine groups is 1. The van der Waals surface area contributed by atoms with Crippen molar-refractivity contribution in [2.24, 2.45) is 10.9 Å². The van der Waals surface area contributed by atoms with Crippen LogP contribution in [0.2, 0.25) is 5.02 Å². The Kier molecular flexibility index (Phi) is 8.16. The molecule has 4 nitrogen and oxygen atoms in total. The van der Waals surface area contributed by atoms with Gasteiger partial charge in [0, 0.05) is 17.1 Å². The molecular formula is C16H26ClN3O. The Balaban J connectivity index is 2.78. The van der Waals surface area contributed by atoms with Crippen LogP contribution in [0.25, 0.3) is 0 Å². The van der Waals surface area contributed by atoms with Gasteiger partial charge < -0.3 is 10.9 Å². The molecule has 0 unspecified atom stereocenters. The van der Waals surface area contributed by atoms with E-state index in [1.165, 1.54) is 25.7 Å². The lowest BCUT2D eigenvalue weighted by atomic mass is 10.1. The maximum absolute atomic E-state index is 8.70. The molecule has 3 N–H and O–H groups in total. The van der Waals surface area contributed by atoms with Crippen molar-refractivity contribution in [3.8, 4) is 0 Å². The first-order valence-electron chi connectivity index (χ1n) is 7.61. The van der Waals surface area contributed by atoms with Crippen molar-refractivity contribution in [2.45, 2.75) is 46.1 Å². The first-order chi connectivity index (χ1) is 10.1. The highest BCUT2D eigenvalue weighted by Gasteiger charge is 2.10. The molecule has 0 radical (unpaired) electrons. The third kappa shape index (κ3) is 5.94. The topological polar surface area (TPSA) is 61.8 Å². The summed E-state index contributed by atoms with van der Waals surface area (Å²) in [5.41, 5.74) is 7.30. The Morgan fingerprint density at radius 1 is 1.24 bits per heavy atom. The summed E-state index contributed by atoms with van der Waals surface area (Å²) in [7, 11) is 0. The second kappa shape index (κ2) is 9.64. The van der Waals surface area contributed by atoms with E-state index in [9.17, 15) is 0 Å². The van der Waals surface area contributed by atoms with Gasteiger partial charge in [0.25, 0.3) is 0 Å². The summed E-state index contributed by atoms with van der Waals surface area (Å²) in [4.78, 5) is 2.44. The van der Waals surface area contributed by atoms with Gasteiger partial charge >= 0.3 is 0 Å². The van der Waals surface area contributed by atoms with Crippen LogP contribution in [0.1, 0.15) is 50.7 Å². The summed E-state index contributed by atoms with van der Waals surface area (Å²) in [6.45, 7) is 7.44. The third-order valence-corrected chi connectivity index (χ3v) is 3.86. The molecule has 0 spiro atoms. The number of nitrogens with two attached hydrogens (primary N) is 1. The van der Waals surface area contributed by atoms with E-state index < -0.39 is 0 Å². The normalized spacial score (nSPS) is 12.1. The van der Waals surface area contributed by atoms with E-state index in [2.05, 4.69) is 23.9 Å². The average Bonchev–Trinajstić information content (AvgIpc) is 2.50. The third-order valence-electron chi connectivity index (χ3n) is 3.51. The highest BCUT2D eigenvalue weighted by Crippen LogP contribution is 2.20. The van der Waals surface area contributed by atoms with E-state index in [4.69, 9.17) is 22.5 Å². The molecule has 0 bridgehead atoms. The van der Waals surface area contributed by atoms with Gasteiger partial charge in [-0.15, -0.1) is 0 Å². The van der Waals surface area contributed by atoms with Crippen LogP contribution in [0.3, 0.4) is 0 Å². The van der Waals surface area contributed by atoms with Crippen LogP contribution in [-0.2, 0) is 6.54 Å². The van der Waals surface area contributed by atoms with Crippen LogP contribution in [0.4, 0.5) is 0 Å². The largest absolute Gasteiger partial charge is 0.409 e. The van der Waals surface area contributed by atoms with Crippen molar-refractivity contribution in [2.75, 3.05) is 13.1 Å². The molecule has 0 fully saturated rings. The standard InChI is InChI=1S/C16H26ClN3O/c1-3-5-9-20(10-6-4-2)12-14-8-7-13(11-15(14)17)16(18)19-21/h7-8,11,21H,3-6,9-10,12H2,1-2H3,(H2,18,19). The van der Waals surface area contributed by atoms with Crippen molar-refractivity contribution in [1.29, 1.82) is 0 Å². The molecule has 21 heavy (non-hydrogen) atoms. The monoisotopic (exact) mass is 311 g/mol. The van der Waals surface area contributed by atoms with Crippen LogP contribution in [0.5, 0.6) is 0 Å². The van der Waals surface area contributed by atoms with Crippen LogP contribution in [-0.4, -0.2) is 29.0 Å². The van der Waals surface area contributed by atoms with Crippen molar-refractivity contribution < 1.29 is 5.21 Å². The van der Waals surface area contributed by atoms with Gasteiger partial charge in [0.1, 0.15) is 0 Å². The summed E-state index contributed by atoms with van der Waals surface area (Å²) in [5.74, 6) is 0.0808. The number of rotatable bonds is 9. The van der Waals surface area contributed by atoms with E-state index in [-0.39, 0.29) is 5.84 Å². The molecule has 0 aliphatic rings. The van der Waals surface area contributed by atoms with Crippen LogP contribution >= 0.6 is 11.6 Å². The number of hydrogen-bond acceptors (Lipinski definition) is 3. The van der Waals surface area contributed by atoms with Gasteiger partial charge in [-0.1, -0.05) is 55.6 Å². The van der Waals surface area contributed by atoms with Gasteiger partial charge in [-0.05, 0) is 37.6 Å². The summed E-state index contributed by atoms with van der Waals surface area (Å²) in [6.07, 6.45) is 4.78. The maximum atomic E-state index is 8.70. The van der Waals surface area contributed by atoms with Gasteiger partial charge in [-0.2, -0.15) is 0 Å². The Bertz CT molecular complexity index is 455. The average molecular weight is 312 g/mol. The minimum atomic E-state index is 0.0808. The zero-order chi connectivity index (χ0) is 15.7. The predicted octanol–water partition coefficient (Wildman–Crippen LogP) is 3.84. The molecule has 0 aliphatic heterocycles. The molecular weight excluding hydrogens is 286 g/mol. The first kappa shape index (κ1) is 17.8. The minimum Gasteiger partial charge on any atom is -0.409 e. The number of unbranched alkanes of at least 4 members (excludes halogenated alkanes) is 2. The Morgan fingerprint density at radius 3 is 2.33 bits per heavy atom. The lowest BCUT2D eigenvalue weighted by Gasteiger charge is -2.22. The lowest BCUT2D eigenvalue weighted by molar-refractivity contribution is 0.257. The summed E-state index contributed by atoms with van der Waals surface area (Å²) < 4.78 is 0. The molecule has 0 amide bonds. The SMILES string of the molecule is CCCCN(CCCC)Cc1ccc(/C(N)=N/O)cc1Cl. The zero-order valence-electron chi connectivity index (χ0n) is 13.0. The van der Waals surface area contributed by atoms with Gasteiger partial charge in [0.05, 0.1) is 0 Å². The molecule has 1 aromatic rings. The highest BCUT2D eigenvalue weighted by atomic mass is 35.5. The summed E-state index contributed by atoms with van der Waals surface area (Å²) in [5, 5.41) is 12.4. The second-order valence-electron chi connectivity index (χ2n) is 5.27. The number of hydrogen-bond donors (Lipinski definition) is 2. The molecule has 118 valence electrons. The van der Waals surface area contributed by atoms with Crippen LogP contribution < -0.4 is 5.73 Å². The van der Waals surface area contributed by atoms with Crippen molar-refractivity contribution >= 4 is 17.4 Å². The number of nitrogens with zero attached hydrogens (tertiary/aromatic N) is 2. The number of benzene rings is 1. The molecule has 0 heterocycles. The van der Waals surface area contributed by atoms with Crippen molar-refractivity contribution in [1.82, 2.24) is 4.90 Å². The lowest BCUT2D eigenvalue weighted by Crippen LogP contribution is -2.25. The highest BCUT2D eigenvalue weighted by molar-refractivity contribution is 6.31. The van der Waals surface area contributed by atoms with Crippen LogP contribution in [0, 0.1) is 0 Å². The van der Waals surface area contributed by atoms with Gasteiger partial charge in [0.2, 0.25) is 0 Å². The van der Waals surface area contributed by atoms with Gasteiger partial charge in [-0.25, -0.2) is 0 Å². The quantitative estimate of drug-likeness (QED) is 0.315. The van der Waals surface area contributed by atoms with Crippen molar-refractivity contribution in [3.05, 3.63) is 34.3 Å². The molecule has 0 saturated carbocycles. The Labute approximate surface area is 132 Å². The molecule has 0 aliphatic carbocycles. The van der Waals surface area contributed by atoms with E-state index in [1.54, 1.807) is 6.07 Å². The van der Waals surface area contributed by atoms with Gasteiger partial charge in [0.15, 0.2) is 5.84 Å². The summed E-state index contributed by atoms with van der Waals surface area (Å²) in [6, 6.07) is 5.55. The van der Waals surface area contributed by atoms with Gasteiger partial charge in [-0.3, -0.25) is 4.90 Å². The number of oxime groups is 1. The van der Waals surface area contributed by atoms with Crippen molar-refractivity contribution in [3.63, 3.8) is 0 Å². The fourth-order valence-corrected chi connectivity index (χ4v) is 2.41. The van der Waals surface area contributed by atoms with E-state index in [0.717, 1.165) is 25.2 Å². The van der Waals surface area contributed by atoms with E-state index >= 15 is 0 Å². The predicted molar refractivity (Wildman–Crippen MR) is 89.1 cm³/mol. The first-order valence-corrected chi connectivity index (χ1v) is 7.98. The fraction of sp³-hybridized carbons (Fsp3) is 0.562. The van der Waals surface area contributed by atoms with E-state index in [0.29, 0.717) is 10.6 Å². The maximum Gasteiger partial charge on any atom is 0.170 e. The molecule has 5 heteroatoms. The molecule has 0 aromatic heterocycles. The Morgan fingerprint density at radius 2 is 1.86 bits per heavy atom. The zero-order valence-corrected chi connectivity index (χ0v) is 13.7. The van der Waals surface area contributed by atoms with E-state index in [1.807, 2.05) is 12.1 Å². The Hall–Kier alpha value is -1.26. The fourth-order valence-electron chi connectivity index (χ4n) is 2.17. The molecule has 0 atom stereocenters.